The molecule has 7 heteroatoms. The number of carbonyl (C=O) groups is 1. The molecule has 3 N–H and O–H groups in total. The van der Waals surface area contributed by atoms with Crippen LogP contribution in [0.3, 0.4) is 0 Å². The number of esters is 1. The number of hydrogen-bond acceptors (Lipinski definition) is 6. The molecule has 3 aromatic carbocycles. The Morgan fingerprint density at radius 2 is 1.76 bits per heavy atom. The fraction of sp³-hybridized carbons (Fsp3) is 0.290. The summed E-state index contributed by atoms with van der Waals surface area (Å²) in [5.41, 5.74) is 5.13. The Morgan fingerprint density at radius 1 is 1.03 bits per heavy atom. The summed E-state index contributed by atoms with van der Waals surface area (Å²) < 4.78 is 5.12. The van der Waals surface area contributed by atoms with Crippen LogP contribution in [0.15, 0.2) is 77.8 Å². The first-order valence-electron chi connectivity index (χ1n) is 13.1. The summed E-state index contributed by atoms with van der Waals surface area (Å²) in [5.74, 6) is 0.0170. The summed E-state index contributed by atoms with van der Waals surface area (Å²) in [4.78, 5) is 22.6. The van der Waals surface area contributed by atoms with Crippen molar-refractivity contribution in [2.75, 3.05) is 26.3 Å². The second kappa shape index (κ2) is 11.6. The van der Waals surface area contributed by atoms with Gasteiger partial charge in [0.2, 0.25) is 0 Å². The molecule has 4 aromatic rings. The van der Waals surface area contributed by atoms with E-state index in [2.05, 4.69) is 22.0 Å². The van der Waals surface area contributed by atoms with E-state index in [1.807, 2.05) is 48.5 Å². The highest BCUT2D eigenvalue weighted by molar-refractivity contribution is 6.22. The van der Waals surface area contributed by atoms with Crippen LogP contribution in [0.25, 0.3) is 10.9 Å². The predicted octanol–water partition coefficient (Wildman–Crippen LogP) is 5.42. The number of aliphatic hydroxyl groups excluding tert-OH is 1. The van der Waals surface area contributed by atoms with Crippen molar-refractivity contribution in [3.05, 3.63) is 95.1 Å². The van der Waals surface area contributed by atoms with Crippen LogP contribution >= 0.6 is 0 Å². The number of benzene rings is 3. The lowest BCUT2D eigenvalue weighted by atomic mass is 9.97. The van der Waals surface area contributed by atoms with Crippen LogP contribution in [0.2, 0.25) is 0 Å². The molecule has 0 atom stereocenters. The maximum atomic E-state index is 12.2. The van der Waals surface area contributed by atoms with Gasteiger partial charge in [0, 0.05) is 29.6 Å². The number of aliphatic hydroxyl groups is 1. The zero-order valence-electron chi connectivity index (χ0n) is 21.6. The Labute approximate surface area is 222 Å². The highest BCUT2D eigenvalue weighted by Crippen LogP contribution is 2.32. The molecule has 196 valence electrons. The van der Waals surface area contributed by atoms with E-state index in [-0.39, 0.29) is 12.5 Å². The lowest BCUT2D eigenvalue weighted by molar-refractivity contribution is 0.0526. The van der Waals surface area contributed by atoms with Gasteiger partial charge in [0.25, 0.3) is 0 Å². The molecule has 2 heterocycles. The Kier molecular flexibility index (Phi) is 7.86. The Balaban J connectivity index is 1.46. The zero-order valence-corrected chi connectivity index (χ0v) is 21.6. The maximum Gasteiger partial charge on any atom is 0.338 e. The van der Waals surface area contributed by atoms with Gasteiger partial charge < -0.3 is 19.9 Å². The molecule has 0 amide bonds. The number of nitrogens with one attached hydrogen (secondary N) is 1. The molecular formula is C31H33N3O4. The van der Waals surface area contributed by atoms with Gasteiger partial charge in [-0.3, -0.25) is 4.90 Å². The molecule has 1 aliphatic heterocycles. The lowest BCUT2D eigenvalue weighted by Gasteiger charge is -2.31. The molecule has 0 aliphatic carbocycles. The van der Waals surface area contributed by atoms with E-state index in [0.29, 0.717) is 34.9 Å². The normalized spacial score (nSPS) is 15.2. The summed E-state index contributed by atoms with van der Waals surface area (Å²) >= 11 is 0. The summed E-state index contributed by atoms with van der Waals surface area (Å²) in [5, 5.41) is 21.1. The number of aromatic hydroxyl groups is 1. The van der Waals surface area contributed by atoms with Crippen molar-refractivity contribution in [1.82, 2.24) is 9.88 Å². The fourth-order valence-corrected chi connectivity index (χ4v) is 5.02. The van der Waals surface area contributed by atoms with Crippen molar-refractivity contribution in [1.29, 1.82) is 0 Å². The van der Waals surface area contributed by atoms with Gasteiger partial charge in [-0.25, -0.2) is 9.79 Å². The molecule has 0 radical (unpaired) electrons. The highest BCUT2D eigenvalue weighted by Gasteiger charge is 2.21. The second-order valence-corrected chi connectivity index (χ2v) is 9.72. The van der Waals surface area contributed by atoms with Crippen LogP contribution in [0.4, 0.5) is 5.69 Å². The van der Waals surface area contributed by atoms with Crippen molar-refractivity contribution >= 4 is 28.3 Å². The van der Waals surface area contributed by atoms with Crippen LogP contribution in [-0.2, 0) is 11.3 Å². The number of nitrogens with zero attached hydrogens (tertiary/aromatic N) is 2. The van der Waals surface area contributed by atoms with Crippen LogP contribution in [0.1, 0.15) is 46.8 Å². The molecule has 1 aromatic heterocycles. The quantitative estimate of drug-likeness (QED) is 0.217. The van der Waals surface area contributed by atoms with E-state index < -0.39 is 5.97 Å². The monoisotopic (exact) mass is 511 g/mol. The van der Waals surface area contributed by atoms with Crippen molar-refractivity contribution in [2.45, 2.75) is 26.3 Å². The third-order valence-electron chi connectivity index (χ3n) is 7.12. The molecule has 0 saturated carbocycles. The van der Waals surface area contributed by atoms with E-state index in [9.17, 15) is 15.0 Å². The SMILES string of the molecule is CCOC(=O)c1ccc2c(C(=Nc3ccc(CN4CCC(CO)CC4)cc3)c3ccccc3)c(O)[nH]c2c1. The molecule has 1 aliphatic rings. The molecular weight excluding hydrogens is 478 g/mol. The summed E-state index contributed by atoms with van der Waals surface area (Å²) in [6.07, 6.45) is 2.07. The standard InChI is InChI=1S/C31H33N3O4/c1-2-38-31(37)24-10-13-26-27(18-24)33-30(36)28(26)29(23-6-4-3-5-7-23)32-25-11-8-21(9-12-25)19-34-16-14-22(20-35)15-17-34/h3-13,18,22,33,35-36H,2,14-17,19-20H2,1H3. The van der Waals surface area contributed by atoms with Crippen molar-refractivity contribution in [2.24, 2.45) is 10.9 Å². The number of hydrogen-bond donors (Lipinski definition) is 3. The van der Waals surface area contributed by atoms with Gasteiger partial charge in [0.1, 0.15) is 0 Å². The Bertz CT molecular complexity index is 1420. The molecule has 38 heavy (non-hydrogen) atoms. The van der Waals surface area contributed by atoms with Gasteiger partial charge in [0.15, 0.2) is 5.88 Å². The third kappa shape index (κ3) is 5.64. The molecule has 0 unspecified atom stereocenters. The second-order valence-electron chi connectivity index (χ2n) is 9.72. The summed E-state index contributed by atoms with van der Waals surface area (Å²) in [6, 6.07) is 23.2. The van der Waals surface area contributed by atoms with Gasteiger partial charge in [0.05, 0.1) is 29.1 Å². The lowest BCUT2D eigenvalue weighted by Crippen LogP contribution is -2.34. The average Bonchev–Trinajstić information content (AvgIpc) is 3.28. The molecule has 0 bridgehead atoms. The van der Waals surface area contributed by atoms with Crippen molar-refractivity contribution < 1.29 is 19.7 Å². The van der Waals surface area contributed by atoms with Gasteiger partial charge in [-0.2, -0.15) is 0 Å². The number of rotatable bonds is 8. The van der Waals surface area contributed by atoms with E-state index in [1.165, 1.54) is 5.56 Å². The van der Waals surface area contributed by atoms with Gasteiger partial charge in [-0.1, -0.05) is 48.5 Å². The van der Waals surface area contributed by atoms with E-state index in [0.717, 1.165) is 49.1 Å². The average molecular weight is 512 g/mol. The first kappa shape index (κ1) is 25.7. The summed E-state index contributed by atoms with van der Waals surface area (Å²) in [7, 11) is 0. The predicted molar refractivity (Wildman–Crippen MR) is 149 cm³/mol. The Morgan fingerprint density at radius 3 is 2.45 bits per heavy atom. The third-order valence-corrected chi connectivity index (χ3v) is 7.12. The number of aliphatic imine (C=N–C) groups is 1. The largest absolute Gasteiger partial charge is 0.494 e. The minimum Gasteiger partial charge on any atom is -0.494 e. The van der Waals surface area contributed by atoms with Crippen LogP contribution in [0.5, 0.6) is 5.88 Å². The van der Waals surface area contributed by atoms with Crippen LogP contribution in [-0.4, -0.2) is 58.1 Å². The first-order chi connectivity index (χ1) is 18.6. The number of H-pyrrole nitrogens is 1. The number of likely N-dealkylation sites (tertiary alicyclic amines) is 1. The molecule has 7 nitrogen and oxygen atoms in total. The number of aromatic amines is 1. The fourth-order valence-electron chi connectivity index (χ4n) is 5.02. The smallest absolute Gasteiger partial charge is 0.338 e. The van der Waals surface area contributed by atoms with Crippen LogP contribution in [0, 0.1) is 5.92 Å². The molecule has 0 spiro atoms. The number of fused-ring (bicyclic) bond motifs is 1. The molecule has 1 saturated heterocycles. The molecule has 1 fully saturated rings. The van der Waals surface area contributed by atoms with Gasteiger partial charge in [-0.15, -0.1) is 0 Å². The van der Waals surface area contributed by atoms with E-state index in [4.69, 9.17) is 9.73 Å². The number of carbonyl (C=O) groups excluding carboxylic acids is 1. The molecule has 5 rings (SSSR count). The van der Waals surface area contributed by atoms with E-state index >= 15 is 0 Å². The van der Waals surface area contributed by atoms with Gasteiger partial charge in [-0.05, 0) is 68.6 Å². The minimum absolute atomic E-state index is 0.00786. The van der Waals surface area contributed by atoms with Crippen LogP contribution < -0.4 is 0 Å². The zero-order chi connectivity index (χ0) is 26.5. The van der Waals surface area contributed by atoms with Crippen molar-refractivity contribution in [3.8, 4) is 5.88 Å². The number of aromatic nitrogens is 1. The highest BCUT2D eigenvalue weighted by atomic mass is 16.5. The topological polar surface area (TPSA) is 98.2 Å². The summed E-state index contributed by atoms with van der Waals surface area (Å²) in [6.45, 7) is 5.22. The van der Waals surface area contributed by atoms with Gasteiger partial charge >= 0.3 is 5.97 Å². The number of ether oxygens (including phenoxy) is 1. The van der Waals surface area contributed by atoms with E-state index in [1.54, 1.807) is 19.1 Å². The van der Waals surface area contributed by atoms with Crippen molar-refractivity contribution in [3.63, 3.8) is 0 Å². The number of piperidine rings is 1. The first-order valence-corrected chi connectivity index (χ1v) is 13.1. The minimum atomic E-state index is -0.403. The maximum absolute atomic E-state index is 12.2. The Hall–Kier alpha value is -3.94.